The number of carbonyl (C=O) groups excluding carboxylic acids is 1. The minimum atomic E-state index is -0.163. The number of carbonyl (C=O) groups is 1. The summed E-state index contributed by atoms with van der Waals surface area (Å²) in [4.78, 5) is 17.3. The number of nitrogens with zero attached hydrogens (tertiary/aromatic N) is 3. The summed E-state index contributed by atoms with van der Waals surface area (Å²) in [5.41, 5.74) is 2.97. The highest BCUT2D eigenvalue weighted by atomic mass is 16.1. The fourth-order valence-electron chi connectivity index (χ4n) is 3.05. The number of nitrogens with one attached hydrogen (secondary N) is 1. The first-order valence-corrected chi connectivity index (χ1v) is 8.59. The zero-order valence-electron chi connectivity index (χ0n) is 14.4. The molecular formula is C20H22N4O. The number of benzene rings is 2. The lowest BCUT2D eigenvalue weighted by molar-refractivity contribution is 0.102. The van der Waals surface area contributed by atoms with Gasteiger partial charge in [-0.2, -0.15) is 5.26 Å². The topological polar surface area (TPSA) is 59.4 Å². The van der Waals surface area contributed by atoms with Crippen molar-refractivity contribution in [3.05, 3.63) is 59.7 Å². The lowest BCUT2D eigenvalue weighted by Crippen LogP contribution is -2.46. The van der Waals surface area contributed by atoms with Crippen LogP contribution in [-0.2, 0) is 0 Å². The third-order valence-corrected chi connectivity index (χ3v) is 4.59. The van der Waals surface area contributed by atoms with Crippen LogP contribution in [0.4, 0.5) is 11.4 Å². The van der Waals surface area contributed by atoms with Crippen molar-refractivity contribution in [2.45, 2.75) is 6.92 Å². The average Bonchev–Trinajstić information content (AvgIpc) is 2.68. The molecule has 1 amide bonds. The van der Waals surface area contributed by atoms with Gasteiger partial charge in [-0.3, -0.25) is 4.79 Å². The number of para-hydroxylation sites is 2. The van der Waals surface area contributed by atoms with Crippen molar-refractivity contribution in [2.75, 3.05) is 42.9 Å². The molecule has 0 aliphatic carbocycles. The summed E-state index contributed by atoms with van der Waals surface area (Å²) in [6.45, 7) is 7.24. The van der Waals surface area contributed by atoms with Crippen LogP contribution in [0.25, 0.3) is 0 Å². The Bertz CT molecular complexity index is 771. The van der Waals surface area contributed by atoms with Crippen molar-refractivity contribution in [1.29, 1.82) is 5.26 Å². The lowest BCUT2D eigenvalue weighted by Gasteiger charge is -2.36. The van der Waals surface area contributed by atoms with Crippen LogP contribution in [0.2, 0.25) is 0 Å². The highest BCUT2D eigenvalue weighted by molar-refractivity contribution is 6.06. The van der Waals surface area contributed by atoms with Gasteiger partial charge < -0.3 is 15.1 Å². The van der Waals surface area contributed by atoms with Crippen LogP contribution in [0.1, 0.15) is 22.8 Å². The Balaban J connectivity index is 1.74. The lowest BCUT2D eigenvalue weighted by atomic mass is 10.1. The Kier molecular flexibility index (Phi) is 5.32. The summed E-state index contributed by atoms with van der Waals surface area (Å²) in [5.74, 6) is -0.163. The summed E-state index contributed by atoms with van der Waals surface area (Å²) in [6, 6.07) is 16.6. The number of hydrogen-bond donors (Lipinski definition) is 1. The van der Waals surface area contributed by atoms with Crippen LogP contribution >= 0.6 is 0 Å². The quantitative estimate of drug-likeness (QED) is 0.934. The van der Waals surface area contributed by atoms with E-state index in [1.54, 1.807) is 24.3 Å². The first-order chi connectivity index (χ1) is 12.2. The summed E-state index contributed by atoms with van der Waals surface area (Å²) < 4.78 is 0. The Hall–Kier alpha value is -2.84. The van der Waals surface area contributed by atoms with E-state index in [2.05, 4.69) is 34.2 Å². The number of rotatable bonds is 4. The van der Waals surface area contributed by atoms with E-state index in [-0.39, 0.29) is 5.91 Å². The minimum Gasteiger partial charge on any atom is -0.367 e. The fraction of sp³-hybridized carbons (Fsp3) is 0.300. The van der Waals surface area contributed by atoms with Crippen molar-refractivity contribution < 1.29 is 4.79 Å². The molecule has 0 unspecified atom stereocenters. The Morgan fingerprint density at radius 3 is 2.40 bits per heavy atom. The minimum absolute atomic E-state index is 0.163. The molecule has 2 aromatic carbocycles. The van der Waals surface area contributed by atoms with Crippen LogP contribution in [-0.4, -0.2) is 43.5 Å². The largest absolute Gasteiger partial charge is 0.367 e. The Morgan fingerprint density at radius 2 is 1.76 bits per heavy atom. The standard InChI is InChI=1S/C20H22N4O/c1-2-23-11-13-24(14-12-23)19-6-4-3-5-18(19)22-20(25)17-9-7-16(15-21)8-10-17/h3-10H,2,11-14H2,1H3,(H,22,25). The van der Waals surface area contributed by atoms with Gasteiger partial charge in [0.1, 0.15) is 0 Å². The summed E-state index contributed by atoms with van der Waals surface area (Å²) in [5, 5.41) is 11.9. The molecule has 2 aromatic rings. The van der Waals surface area contributed by atoms with E-state index in [9.17, 15) is 4.79 Å². The van der Waals surface area contributed by atoms with E-state index in [1.807, 2.05) is 18.2 Å². The fourth-order valence-corrected chi connectivity index (χ4v) is 3.05. The SMILES string of the molecule is CCN1CCN(c2ccccc2NC(=O)c2ccc(C#N)cc2)CC1. The molecule has 0 aromatic heterocycles. The van der Waals surface area contributed by atoms with Gasteiger partial charge in [-0.05, 0) is 42.9 Å². The van der Waals surface area contributed by atoms with Crippen LogP contribution in [0.5, 0.6) is 0 Å². The van der Waals surface area contributed by atoms with Crippen molar-refractivity contribution in [3.8, 4) is 6.07 Å². The van der Waals surface area contributed by atoms with Crippen molar-refractivity contribution in [3.63, 3.8) is 0 Å². The van der Waals surface area contributed by atoms with Crippen molar-refractivity contribution >= 4 is 17.3 Å². The highest BCUT2D eigenvalue weighted by Gasteiger charge is 2.19. The van der Waals surface area contributed by atoms with Gasteiger partial charge in [0.25, 0.3) is 5.91 Å². The molecule has 3 rings (SSSR count). The van der Waals surface area contributed by atoms with E-state index in [0.29, 0.717) is 11.1 Å². The number of anilines is 2. The second kappa shape index (κ2) is 7.82. The van der Waals surface area contributed by atoms with Gasteiger partial charge in [0.15, 0.2) is 0 Å². The summed E-state index contributed by atoms with van der Waals surface area (Å²) >= 11 is 0. The highest BCUT2D eigenvalue weighted by Crippen LogP contribution is 2.27. The second-order valence-electron chi connectivity index (χ2n) is 6.08. The molecule has 0 spiro atoms. The number of amides is 1. The zero-order valence-corrected chi connectivity index (χ0v) is 14.4. The first kappa shape index (κ1) is 17.0. The maximum Gasteiger partial charge on any atom is 0.255 e. The predicted molar refractivity (Wildman–Crippen MR) is 99.9 cm³/mol. The van der Waals surface area contributed by atoms with E-state index in [4.69, 9.17) is 5.26 Å². The van der Waals surface area contributed by atoms with Gasteiger partial charge in [-0.15, -0.1) is 0 Å². The molecule has 1 aliphatic rings. The van der Waals surface area contributed by atoms with E-state index in [0.717, 1.165) is 44.1 Å². The molecule has 1 fully saturated rings. The van der Waals surface area contributed by atoms with Crippen molar-refractivity contribution in [1.82, 2.24) is 4.90 Å². The predicted octanol–water partition coefficient (Wildman–Crippen LogP) is 2.95. The second-order valence-corrected chi connectivity index (χ2v) is 6.08. The van der Waals surface area contributed by atoms with Crippen LogP contribution < -0.4 is 10.2 Å². The molecule has 25 heavy (non-hydrogen) atoms. The maximum atomic E-state index is 12.5. The van der Waals surface area contributed by atoms with Crippen LogP contribution in [0.3, 0.4) is 0 Å². The van der Waals surface area contributed by atoms with E-state index in [1.165, 1.54) is 0 Å². The number of piperazine rings is 1. The van der Waals surface area contributed by atoms with Gasteiger partial charge in [0.05, 0.1) is 23.0 Å². The summed E-state index contributed by atoms with van der Waals surface area (Å²) in [7, 11) is 0. The van der Waals surface area contributed by atoms with Crippen LogP contribution in [0, 0.1) is 11.3 Å². The van der Waals surface area contributed by atoms with Gasteiger partial charge in [0.2, 0.25) is 0 Å². The molecule has 1 heterocycles. The van der Waals surface area contributed by atoms with E-state index >= 15 is 0 Å². The molecule has 0 bridgehead atoms. The maximum absolute atomic E-state index is 12.5. The van der Waals surface area contributed by atoms with Crippen LogP contribution in [0.15, 0.2) is 48.5 Å². The molecular weight excluding hydrogens is 312 g/mol. The molecule has 1 saturated heterocycles. The van der Waals surface area contributed by atoms with Gasteiger partial charge in [-0.25, -0.2) is 0 Å². The first-order valence-electron chi connectivity index (χ1n) is 8.59. The van der Waals surface area contributed by atoms with Gasteiger partial charge >= 0.3 is 0 Å². The summed E-state index contributed by atoms with van der Waals surface area (Å²) in [6.07, 6.45) is 0. The third-order valence-electron chi connectivity index (χ3n) is 4.59. The van der Waals surface area contributed by atoms with E-state index < -0.39 is 0 Å². The molecule has 128 valence electrons. The third kappa shape index (κ3) is 3.98. The Labute approximate surface area is 148 Å². The monoisotopic (exact) mass is 334 g/mol. The normalized spacial score (nSPS) is 14.8. The number of likely N-dealkylation sites (N-methyl/N-ethyl adjacent to an activating group) is 1. The zero-order chi connectivity index (χ0) is 17.6. The number of hydrogen-bond acceptors (Lipinski definition) is 4. The van der Waals surface area contributed by atoms with Gasteiger partial charge in [-0.1, -0.05) is 19.1 Å². The number of nitriles is 1. The molecule has 0 atom stereocenters. The average molecular weight is 334 g/mol. The molecule has 0 radical (unpaired) electrons. The molecule has 5 heteroatoms. The smallest absolute Gasteiger partial charge is 0.255 e. The molecule has 0 saturated carbocycles. The molecule has 5 nitrogen and oxygen atoms in total. The van der Waals surface area contributed by atoms with Crippen molar-refractivity contribution in [2.24, 2.45) is 0 Å². The van der Waals surface area contributed by atoms with Gasteiger partial charge in [0, 0.05) is 31.7 Å². The molecule has 1 aliphatic heterocycles. The molecule has 1 N–H and O–H groups in total. The Morgan fingerprint density at radius 1 is 1.08 bits per heavy atom.